The van der Waals surface area contributed by atoms with E-state index in [4.69, 9.17) is 9.15 Å². The van der Waals surface area contributed by atoms with E-state index in [-0.39, 0.29) is 11.3 Å². The van der Waals surface area contributed by atoms with E-state index in [1.165, 1.54) is 11.2 Å². The second-order valence-corrected chi connectivity index (χ2v) is 7.18. The number of hydrogen-bond acceptors (Lipinski definition) is 6. The molecule has 152 valence electrons. The summed E-state index contributed by atoms with van der Waals surface area (Å²) < 4.78 is 10.9. The van der Waals surface area contributed by atoms with Crippen LogP contribution in [-0.2, 0) is 14.3 Å². The van der Waals surface area contributed by atoms with Gasteiger partial charge in [-0.2, -0.15) is 0 Å². The maximum Gasteiger partial charge on any atom is 0.295 e. The van der Waals surface area contributed by atoms with Gasteiger partial charge in [0.2, 0.25) is 0 Å². The first-order chi connectivity index (χ1) is 14.2. The number of aliphatic hydroxyl groups is 1. The van der Waals surface area contributed by atoms with E-state index >= 15 is 0 Å². The Morgan fingerprint density at radius 1 is 1.03 bits per heavy atom. The molecule has 0 saturated carbocycles. The summed E-state index contributed by atoms with van der Waals surface area (Å²) in [6.07, 6.45) is 2.22. The molecule has 0 spiro atoms. The van der Waals surface area contributed by atoms with Crippen LogP contribution in [-0.4, -0.2) is 66.0 Å². The number of carbonyl (C=O) groups excluding carboxylic acids is 2. The average molecular weight is 396 g/mol. The minimum Gasteiger partial charge on any atom is -0.507 e. The number of furan rings is 1. The number of aliphatic hydroxyl groups excluding tert-OH is 1. The molecule has 2 aromatic rings. The summed E-state index contributed by atoms with van der Waals surface area (Å²) in [6, 6.07) is 11.5. The Kier molecular flexibility index (Phi) is 5.78. The van der Waals surface area contributed by atoms with Crippen molar-refractivity contribution in [2.24, 2.45) is 0 Å². The van der Waals surface area contributed by atoms with Gasteiger partial charge in [0.15, 0.2) is 0 Å². The van der Waals surface area contributed by atoms with Crippen molar-refractivity contribution in [1.82, 2.24) is 9.80 Å². The molecule has 3 heterocycles. The first kappa shape index (κ1) is 19.4. The molecule has 2 aliphatic rings. The van der Waals surface area contributed by atoms with Crippen LogP contribution in [0.4, 0.5) is 0 Å². The third kappa shape index (κ3) is 3.97. The summed E-state index contributed by atoms with van der Waals surface area (Å²) in [6.45, 7) is 4.39. The molecule has 1 atom stereocenters. The van der Waals surface area contributed by atoms with Crippen LogP contribution >= 0.6 is 0 Å². The van der Waals surface area contributed by atoms with Gasteiger partial charge in [0.1, 0.15) is 17.6 Å². The molecular formula is C22H24N2O5. The number of rotatable bonds is 6. The largest absolute Gasteiger partial charge is 0.507 e. The number of ketones is 1. The zero-order valence-corrected chi connectivity index (χ0v) is 16.1. The highest BCUT2D eigenvalue weighted by atomic mass is 16.5. The van der Waals surface area contributed by atoms with E-state index in [9.17, 15) is 14.7 Å². The fourth-order valence-electron chi connectivity index (χ4n) is 3.89. The number of Topliss-reactive ketones (excluding diaryl/α,β-unsaturated/α-hetero) is 1. The Hall–Kier alpha value is -2.90. The van der Waals surface area contributed by atoms with Gasteiger partial charge in [-0.1, -0.05) is 30.3 Å². The van der Waals surface area contributed by atoms with Crippen molar-refractivity contribution in [1.29, 1.82) is 0 Å². The van der Waals surface area contributed by atoms with Crippen molar-refractivity contribution in [3.05, 3.63) is 65.6 Å². The lowest BCUT2D eigenvalue weighted by Gasteiger charge is -2.28. The second-order valence-electron chi connectivity index (χ2n) is 7.18. The maximum atomic E-state index is 12.8. The van der Waals surface area contributed by atoms with Gasteiger partial charge in [0.05, 0.1) is 25.1 Å². The van der Waals surface area contributed by atoms with Crippen LogP contribution in [0.1, 0.15) is 23.8 Å². The summed E-state index contributed by atoms with van der Waals surface area (Å²) in [7, 11) is 0. The summed E-state index contributed by atoms with van der Waals surface area (Å²) in [5.41, 5.74) is 0.567. The molecule has 1 aromatic heterocycles. The van der Waals surface area contributed by atoms with Gasteiger partial charge in [-0.05, 0) is 18.6 Å². The van der Waals surface area contributed by atoms with Crippen LogP contribution in [0.15, 0.2) is 58.7 Å². The Balaban J connectivity index is 1.60. The van der Waals surface area contributed by atoms with Crippen LogP contribution in [0.2, 0.25) is 0 Å². The van der Waals surface area contributed by atoms with Crippen molar-refractivity contribution < 1.29 is 23.8 Å². The third-order valence-corrected chi connectivity index (χ3v) is 5.38. The van der Waals surface area contributed by atoms with E-state index in [1.54, 1.807) is 36.4 Å². The van der Waals surface area contributed by atoms with E-state index in [0.29, 0.717) is 31.1 Å². The Bertz CT molecular complexity index is 885. The van der Waals surface area contributed by atoms with Crippen LogP contribution in [0.25, 0.3) is 5.76 Å². The van der Waals surface area contributed by atoms with Gasteiger partial charge >= 0.3 is 0 Å². The minimum absolute atomic E-state index is 0.0718. The number of carbonyl (C=O) groups is 2. The zero-order chi connectivity index (χ0) is 20.2. The highest BCUT2D eigenvalue weighted by Gasteiger charge is 2.47. The Morgan fingerprint density at radius 3 is 2.48 bits per heavy atom. The summed E-state index contributed by atoms with van der Waals surface area (Å²) in [5.74, 6) is -1.00. The monoisotopic (exact) mass is 396 g/mol. The smallest absolute Gasteiger partial charge is 0.295 e. The first-order valence-electron chi connectivity index (χ1n) is 9.84. The molecule has 29 heavy (non-hydrogen) atoms. The number of hydrogen-bond donors (Lipinski definition) is 1. The standard InChI is InChI=1S/C22H24N2O5/c25-20(16-6-2-1-3-7-16)18-19(17-8-4-13-29-17)24(22(27)21(18)26)10-5-9-23-11-14-28-15-12-23/h1-4,6-8,13,19,25H,5,9-12,14-15H2/b20-18+/t19-/m1/s1. The number of amides is 1. The molecule has 1 amide bonds. The van der Waals surface area contributed by atoms with Gasteiger partial charge < -0.3 is 19.2 Å². The summed E-state index contributed by atoms with van der Waals surface area (Å²) in [4.78, 5) is 29.4. The number of likely N-dealkylation sites (tertiary alicyclic amines) is 1. The molecule has 0 radical (unpaired) electrons. The molecule has 1 N–H and O–H groups in total. The van der Waals surface area contributed by atoms with E-state index in [0.717, 1.165) is 26.1 Å². The second kappa shape index (κ2) is 8.63. The number of morpholine rings is 1. The molecule has 2 fully saturated rings. The fourth-order valence-corrected chi connectivity index (χ4v) is 3.89. The first-order valence-corrected chi connectivity index (χ1v) is 9.84. The van der Waals surface area contributed by atoms with E-state index < -0.39 is 17.7 Å². The van der Waals surface area contributed by atoms with Crippen LogP contribution in [0, 0.1) is 0 Å². The van der Waals surface area contributed by atoms with Gasteiger partial charge in [-0.3, -0.25) is 14.5 Å². The summed E-state index contributed by atoms with van der Waals surface area (Å²) in [5, 5.41) is 10.8. The molecule has 2 saturated heterocycles. The SMILES string of the molecule is O=C1C(=O)N(CCCN2CCOCC2)[C@H](c2ccco2)/C1=C(\O)c1ccccc1. The lowest BCUT2D eigenvalue weighted by atomic mass is 9.99. The van der Waals surface area contributed by atoms with Gasteiger partial charge in [-0.25, -0.2) is 0 Å². The third-order valence-electron chi connectivity index (χ3n) is 5.38. The molecule has 0 unspecified atom stereocenters. The molecule has 4 rings (SSSR count). The quantitative estimate of drug-likeness (QED) is 0.459. The molecule has 2 aliphatic heterocycles. The van der Waals surface area contributed by atoms with Crippen LogP contribution < -0.4 is 0 Å². The molecule has 7 nitrogen and oxygen atoms in total. The lowest BCUT2D eigenvalue weighted by molar-refractivity contribution is -0.140. The summed E-state index contributed by atoms with van der Waals surface area (Å²) >= 11 is 0. The average Bonchev–Trinajstić information content (AvgIpc) is 3.37. The van der Waals surface area contributed by atoms with Crippen molar-refractivity contribution in [3.8, 4) is 0 Å². The van der Waals surface area contributed by atoms with E-state index in [1.807, 2.05) is 6.07 Å². The molecule has 1 aromatic carbocycles. The van der Waals surface area contributed by atoms with Crippen LogP contribution in [0.3, 0.4) is 0 Å². The maximum absolute atomic E-state index is 12.8. The minimum atomic E-state index is -0.727. The number of ether oxygens (including phenoxy) is 1. The molecule has 7 heteroatoms. The zero-order valence-electron chi connectivity index (χ0n) is 16.1. The van der Waals surface area contributed by atoms with Gasteiger partial charge in [0, 0.05) is 31.7 Å². The Labute approximate surface area is 169 Å². The van der Waals surface area contributed by atoms with Gasteiger partial charge in [0.25, 0.3) is 11.7 Å². The van der Waals surface area contributed by atoms with Gasteiger partial charge in [-0.15, -0.1) is 0 Å². The highest BCUT2D eigenvalue weighted by Crippen LogP contribution is 2.39. The van der Waals surface area contributed by atoms with Crippen molar-refractivity contribution in [3.63, 3.8) is 0 Å². The number of nitrogens with zero attached hydrogens (tertiary/aromatic N) is 2. The normalized spacial score (nSPS) is 22.3. The van der Waals surface area contributed by atoms with Crippen molar-refractivity contribution >= 4 is 17.4 Å². The lowest BCUT2D eigenvalue weighted by Crippen LogP contribution is -2.38. The molecular weight excluding hydrogens is 372 g/mol. The predicted molar refractivity (Wildman–Crippen MR) is 106 cm³/mol. The highest BCUT2D eigenvalue weighted by molar-refractivity contribution is 6.46. The topological polar surface area (TPSA) is 83.2 Å². The Morgan fingerprint density at radius 2 is 1.79 bits per heavy atom. The number of benzene rings is 1. The predicted octanol–water partition coefficient (Wildman–Crippen LogP) is 2.42. The molecule has 0 aliphatic carbocycles. The van der Waals surface area contributed by atoms with Crippen LogP contribution in [0.5, 0.6) is 0 Å². The van der Waals surface area contributed by atoms with Crippen molar-refractivity contribution in [2.45, 2.75) is 12.5 Å². The van der Waals surface area contributed by atoms with E-state index in [2.05, 4.69) is 4.90 Å². The molecule has 0 bridgehead atoms. The fraction of sp³-hybridized carbons (Fsp3) is 0.364. The van der Waals surface area contributed by atoms with Crippen molar-refractivity contribution in [2.75, 3.05) is 39.4 Å².